The number of hydrogen-bond acceptors (Lipinski definition) is 3. The molecule has 1 aliphatic carbocycles. The van der Waals surface area contributed by atoms with E-state index in [-0.39, 0.29) is 0 Å². The Labute approximate surface area is 78.4 Å². The molecule has 0 amide bonds. The second-order valence-electron chi connectivity index (χ2n) is 3.77. The van der Waals surface area contributed by atoms with Gasteiger partial charge in [0.05, 0.1) is 19.3 Å². The van der Waals surface area contributed by atoms with E-state index in [0.717, 1.165) is 24.5 Å². The normalized spacial score (nSPS) is 36.8. The van der Waals surface area contributed by atoms with Crippen LogP contribution in [0.2, 0.25) is 0 Å². The molecule has 2 nitrogen and oxygen atoms in total. The maximum Gasteiger partial charge on any atom is 0.0643 e. The zero-order valence-electron chi connectivity index (χ0n) is 7.58. The molecule has 2 rings (SSSR count). The quantitative estimate of drug-likeness (QED) is 0.718. The predicted octanol–water partition coefficient (Wildman–Crippen LogP) is 1.26. The summed E-state index contributed by atoms with van der Waals surface area (Å²) in [5, 5.41) is 4.55. The lowest BCUT2D eigenvalue weighted by atomic mass is 10.2. The Kier molecular flexibility index (Phi) is 2.94. The summed E-state index contributed by atoms with van der Waals surface area (Å²) in [6.45, 7) is 1.86. The van der Waals surface area contributed by atoms with Crippen LogP contribution < -0.4 is 5.32 Å². The minimum absolute atomic E-state index is 0.663. The molecule has 12 heavy (non-hydrogen) atoms. The molecule has 2 aliphatic rings. The van der Waals surface area contributed by atoms with Crippen LogP contribution in [0.3, 0.4) is 0 Å². The summed E-state index contributed by atoms with van der Waals surface area (Å²) in [6.07, 6.45) is 6.34. The Morgan fingerprint density at radius 3 is 2.58 bits per heavy atom. The van der Waals surface area contributed by atoms with E-state index in [1.165, 1.54) is 19.3 Å². The van der Waals surface area contributed by atoms with Crippen molar-refractivity contribution >= 4 is 11.8 Å². The van der Waals surface area contributed by atoms with Crippen molar-refractivity contribution in [2.24, 2.45) is 0 Å². The molecule has 2 atom stereocenters. The minimum atomic E-state index is 0.663. The molecule has 2 unspecified atom stereocenters. The Hall–Kier alpha value is 0.270. The molecule has 1 aliphatic heterocycles. The predicted molar refractivity (Wildman–Crippen MR) is 52.7 cm³/mol. The summed E-state index contributed by atoms with van der Waals surface area (Å²) in [5.74, 6) is 0. The van der Waals surface area contributed by atoms with Gasteiger partial charge in [-0.25, -0.2) is 0 Å². The van der Waals surface area contributed by atoms with Gasteiger partial charge in [0.2, 0.25) is 0 Å². The van der Waals surface area contributed by atoms with Crippen LogP contribution in [0.1, 0.15) is 19.3 Å². The molecule has 3 heteroatoms. The topological polar surface area (TPSA) is 21.3 Å². The lowest BCUT2D eigenvalue weighted by molar-refractivity contribution is -0.00961. The number of thioether (sulfide) groups is 1. The van der Waals surface area contributed by atoms with Gasteiger partial charge in [-0.15, -0.1) is 0 Å². The first-order chi connectivity index (χ1) is 5.88. The van der Waals surface area contributed by atoms with Crippen molar-refractivity contribution in [2.45, 2.75) is 36.6 Å². The summed E-state index contributed by atoms with van der Waals surface area (Å²) in [5.41, 5.74) is 0. The highest BCUT2D eigenvalue weighted by Gasteiger charge is 2.28. The molecule has 2 fully saturated rings. The highest BCUT2D eigenvalue weighted by atomic mass is 32.2. The maximum absolute atomic E-state index is 5.13. The van der Waals surface area contributed by atoms with E-state index >= 15 is 0 Å². The fraction of sp³-hybridized carbons (Fsp3) is 1.00. The SMILES string of the molecule is CSC1CCC(NC2COC2)C1. The van der Waals surface area contributed by atoms with Crippen molar-refractivity contribution in [3.63, 3.8) is 0 Å². The van der Waals surface area contributed by atoms with Crippen molar-refractivity contribution in [3.05, 3.63) is 0 Å². The molecular weight excluding hydrogens is 170 g/mol. The van der Waals surface area contributed by atoms with E-state index in [9.17, 15) is 0 Å². The van der Waals surface area contributed by atoms with Gasteiger partial charge < -0.3 is 10.1 Å². The van der Waals surface area contributed by atoms with Crippen LogP contribution in [0.5, 0.6) is 0 Å². The molecule has 1 saturated heterocycles. The molecule has 0 radical (unpaired) electrons. The summed E-state index contributed by atoms with van der Waals surface area (Å²) in [4.78, 5) is 0. The van der Waals surface area contributed by atoms with Crippen LogP contribution in [0, 0.1) is 0 Å². The lowest BCUT2D eigenvalue weighted by Crippen LogP contribution is -2.49. The fourth-order valence-electron chi connectivity index (χ4n) is 1.97. The monoisotopic (exact) mass is 187 g/mol. The van der Waals surface area contributed by atoms with E-state index in [0.29, 0.717) is 6.04 Å². The van der Waals surface area contributed by atoms with Crippen molar-refractivity contribution < 1.29 is 4.74 Å². The smallest absolute Gasteiger partial charge is 0.0643 e. The van der Waals surface area contributed by atoms with Crippen LogP contribution in [-0.4, -0.2) is 36.8 Å². The van der Waals surface area contributed by atoms with Crippen molar-refractivity contribution in [3.8, 4) is 0 Å². The van der Waals surface area contributed by atoms with Gasteiger partial charge in [0.15, 0.2) is 0 Å². The molecule has 1 saturated carbocycles. The third kappa shape index (κ3) is 1.95. The first kappa shape index (κ1) is 8.85. The van der Waals surface area contributed by atoms with Gasteiger partial charge in [0.1, 0.15) is 0 Å². The lowest BCUT2D eigenvalue weighted by Gasteiger charge is -2.30. The van der Waals surface area contributed by atoms with Crippen LogP contribution >= 0.6 is 11.8 Å². The second kappa shape index (κ2) is 3.99. The Balaban J connectivity index is 1.68. The molecule has 0 bridgehead atoms. The molecule has 1 heterocycles. The fourth-order valence-corrected chi connectivity index (χ4v) is 2.77. The van der Waals surface area contributed by atoms with Crippen LogP contribution in [-0.2, 0) is 4.74 Å². The van der Waals surface area contributed by atoms with Crippen molar-refractivity contribution in [1.29, 1.82) is 0 Å². The summed E-state index contributed by atoms with van der Waals surface area (Å²) in [6, 6.07) is 1.44. The largest absolute Gasteiger partial charge is 0.378 e. The van der Waals surface area contributed by atoms with Crippen molar-refractivity contribution in [2.75, 3.05) is 19.5 Å². The first-order valence-electron chi connectivity index (χ1n) is 4.75. The van der Waals surface area contributed by atoms with E-state index in [1.807, 2.05) is 11.8 Å². The maximum atomic E-state index is 5.13. The van der Waals surface area contributed by atoms with Crippen molar-refractivity contribution in [1.82, 2.24) is 5.32 Å². The summed E-state index contributed by atoms with van der Waals surface area (Å²) < 4.78 is 5.13. The second-order valence-corrected chi connectivity index (χ2v) is 4.91. The highest BCUT2D eigenvalue weighted by molar-refractivity contribution is 7.99. The van der Waals surface area contributed by atoms with E-state index in [2.05, 4.69) is 11.6 Å². The molecular formula is C9H17NOS. The number of rotatable bonds is 3. The molecule has 1 N–H and O–H groups in total. The average Bonchev–Trinajstić information content (AvgIpc) is 2.44. The zero-order valence-corrected chi connectivity index (χ0v) is 8.40. The van der Waals surface area contributed by atoms with Gasteiger partial charge in [-0.05, 0) is 25.5 Å². The molecule has 0 aromatic heterocycles. The van der Waals surface area contributed by atoms with Gasteiger partial charge in [0.25, 0.3) is 0 Å². The highest BCUT2D eigenvalue weighted by Crippen LogP contribution is 2.28. The molecule has 70 valence electrons. The van der Waals surface area contributed by atoms with Crippen LogP contribution in [0.25, 0.3) is 0 Å². The zero-order chi connectivity index (χ0) is 8.39. The molecule has 0 aromatic carbocycles. The first-order valence-corrected chi connectivity index (χ1v) is 6.04. The van der Waals surface area contributed by atoms with E-state index < -0.39 is 0 Å². The average molecular weight is 187 g/mol. The standard InChI is InChI=1S/C9H17NOS/c1-12-9-3-2-7(4-9)10-8-5-11-6-8/h7-10H,2-6H2,1H3. The van der Waals surface area contributed by atoms with Crippen LogP contribution in [0.15, 0.2) is 0 Å². The Bertz CT molecular complexity index is 149. The number of hydrogen-bond donors (Lipinski definition) is 1. The summed E-state index contributed by atoms with van der Waals surface area (Å²) in [7, 11) is 0. The Morgan fingerprint density at radius 1 is 1.25 bits per heavy atom. The van der Waals surface area contributed by atoms with E-state index in [4.69, 9.17) is 4.74 Å². The van der Waals surface area contributed by atoms with Gasteiger partial charge >= 0.3 is 0 Å². The van der Waals surface area contributed by atoms with Gasteiger partial charge in [-0.3, -0.25) is 0 Å². The van der Waals surface area contributed by atoms with E-state index in [1.54, 1.807) is 0 Å². The summed E-state index contributed by atoms with van der Waals surface area (Å²) >= 11 is 2.02. The molecule has 0 spiro atoms. The Morgan fingerprint density at radius 2 is 2.08 bits per heavy atom. The number of nitrogens with one attached hydrogen (secondary N) is 1. The molecule has 0 aromatic rings. The minimum Gasteiger partial charge on any atom is -0.378 e. The third-order valence-corrected chi connectivity index (χ3v) is 3.92. The van der Waals surface area contributed by atoms with Gasteiger partial charge in [-0.1, -0.05) is 0 Å². The number of ether oxygens (including phenoxy) is 1. The van der Waals surface area contributed by atoms with Gasteiger partial charge in [-0.2, -0.15) is 11.8 Å². The van der Waals surface area contributed by atoms with Crippen LogP contribution in [0.4, 0.5) is 0 Å². The van der Waals surface area contributed by atoms with Gasteiger partial charge in [0, 0.05) is 11.3 Å². The third-order valence-electron chi connectivity index (χ3n) is 2.83.